The Hall–Kier alpha value is -0.770. The third kappa shape index (κ3) is 3.09. The number of hydrazine groups is 1. The topological polar surface area (TPSA) is 62.4 Å². The van der Waals surface area contributed by atoms with Crippen molar-refractivity contribution >= 4 is 5.96 Å². The second-order valence-corrected chi connectivity index (χ2v) is 5.25. The molecular formula is C11H22N4. The van der Waals surface area contributed by atoms with Crippen LogP contribution in [0.1, 0.15) is 45.4 Å². The van der Waals surface area contributed by atoms with E-state index in [1.165, 1.54) is 38.5 Å². The molecule has 0 spiro atoms. The van der Waals surface area contributed by atoms with Gasteiger partial charge in [-0.1, -0.05) is 19.8 Å². The highest BCUT2D eigenvalue weighted by Crippen LogP contribution is 2.44. The molecule has 4 nitrogen and oxygen atoms in total. The van der Waals surface area contributed by atoms with Crippen molar-refractivity contribution in [3.05, 3.63) is 0 Å². The summed E-state index contributed by atoms with van der Waals surface area (Å²) < 4.78 is 0. The highest BCUT2D eigenvalue weighted by molar-refractivity contribution is 5.79. The highest BCUT2D eigenvalue weighted by atomic mass is 15.3. The Kier molecular flexibility index (Phi) is 3.14. The summed E-state index contributed by atoms with van der Waals surface area (Å²) in [5.74, 6) is 6.23. The molecule has 4 N–H and O–H groups in total. The lowest BCUT2D eigenvalue weighted by Crippen LogP contribution is -2.45. The molecule has 4 heteroatoms. The van der Waals surface area contributed by atoms with Gasteiger partial charge in [0.1, 0.15) is 0 Å². The van der Waals surface area contributed by atoms with Gasteiger partial charge in [-0.2, -0.15) is 0 Å². The van der Waals surface area contributed by atoms with Crippen LogP contribution in [0, 0.1) is 5.41 Å². The van der Waals surface area contributed by atoms with Gasteiger partial charge in [-0.05, 0) is 31.1 Å². The lowest BCUT2D eigenvalue weighted by atomic mass is 10.1. The van der Waals surface area contributed by atoms with E-state index in [0.29, 0.717) is 11.5 Å². The molecule has 0 aromatic rings. The van der Waals surface area contributed by atoms with Gasteiger partial charge in [-0.15, -0.1) is 0 Å². The smallest absolute Gasteiger partial charge is 0.205 e. The number of hydrogen-bond acceptors (Lipinski definition) is 2. The summed E-state index contributed by atoms with van der Waals surface area (Å²) in [5, 5.41) is 3.38. The molecule has 2 fully saturated rings. The minimum Gasteiger partial charge on any atom is -0.353 e. The van der Waals surface area contributed by atoms with Crippen LogP contribution in [0.3, 0.4) is 0 Å². The first kappa shape index (κ1) is 10.7. The molecule has 15 heavy (non-hydrogen) atoms. The van der Waals surface area contributed by atoms with E-state index in [1.54, 1.807) is 0 Å². The van der Waals surface area contributed by atoms with Crippen molar-refractivity contribution in [2.24, 2.45) is 16.3 Å². The molecule has 2 aliphatic rings. The second-order valence-electron chi connectivity index (χ2n) is 5.25. The first-order chi connectivity index (χ1) is 7.22. The number of nitrogens with zero attached hydrogens (tertiary/aromatic N) is 1. The lowest BCUT2D eigenvalue weighted by molar-refractivity contribution is 0.573. The van der Waals surface area contributed by atoms with Gasteiger partial charge in [-0.3, -0.25) is 10.4 Å². The van der Waals surface area contributed by atoms with Crippen LogP contribution in [0.2, 0.25) is 0 Å². The number of rotatable bonds is 3. The molecule has 0 aliphatic heterocycles. The van der Waals surface area contributed by atoms with Gasteiger partial charge in [0.2, 0.25) is 5.96 Å². The van der Waals surface area contributed by atoms with Crippen molar-refractivity contribution in [2.45, 2.75) is 51.5 Å². The first-order valence-corrected chi connectivity index (χ1v) is 5.99. The fourth-order valence-electron chi connectivity index (χ4n) is 2.04. The zero-order chi connectivity index (χ0) is 10.7. The van der Waals surface area contributed by atoms with E-state index >= 15 is 0 Å². The van der Waals surface area contributed by atoms with Crippen LogP contribution >= 0.6 is 0 Å². The summed E-state index contributed by atoms with van der Waals surface area (Å²) in [6.45, 7) is 3.17. The van der Waals surface area contributed by atoms with Gasteiger partial charge in [0.25, 0.3) is 0 Å². The van der Waals surface area contributed by atoms with Gasteiger partial charge in [0.15, 0.2) is 0 Å². The number of nitrogens with two attached hydrogens (primary N) is 1. The van der Waals surface area contributed by atoms with Gasteiger partial charge in [0.05, 0.1) is 0 Å². The van der Waals surface area contributed by atoms with Crippen molar-refractivity contribution in [2.75, 3.05) is 6.54 Å². The van der Waals surface area contributed by atoms with Crippen molar-refractivity contribution < 1.29 is 0 Å². The van der Waals surface area contributed by atoms with E-state index in [9.17, 15) is 0 Å². The SMILES string of the molecule is CC1(CN=C(NN)NC2CCCC2)CC1. The third-order valence-corrected chi connectivity index (χ3v) is 3.56. The quantitative estimate of drug-likeness (QED) is 0.283. The summed E-state index contributed by atoms with van der Waals surface area (Å²) in [4.78, 5) is 4.51. The normalized spacial score (nSPS) is 25.3. The molecule has 0 aromatic carbocycles. The molecule has 0 atom stereocenters. The van der Waals surface area contributed by atoms with Crippen LogP contribution < -0.4 is 16.6 Å². The molecular weight excluding hydrogens is 188 g/mol. The summed E-state index contributed by atoms with van der Waals surface area (Å²) >= 11 is 0. The van der Waals surface area contributed by atoms with E-state index in [0.717, 1.165) is 12.5 Å². The van der Waals surface area contributed by atoms with Gasteiger partial charge < -0.3 is 5.32 Å². The fraction of sp³-hybridized carbons (Fsp3) is 0.909. The summed E-state index contributed by atoms with van der Waals surface area (Å²) in [7, 11) is 0. The molecule has 0 bridgehead atoms. The van der Waals surface area contributed by atoms with E-state index in [-0.39, 0.29) is 0 Å². The van der Waals surface area contributed by atoms with Crippen molar-refractivity contribution in [3.63, 3.8) is 0 Å². The average Bonchev–Trinajstić information content (AvgIpc) is 2.78. The zero-order valence-corrected chi connectivity index (χ0v) is 9.55. The standard InChI is InChI=1S/C11H22N4/c1-11(6-7-11)8-13-10(15-12)14-9-4-2-3-5-9/h9H,2-8,12H2,1H3,(H2,13,14,15). The fourth-order valence-corrected chi connectivity index (χ4v) is 2.04. The third-order valence-electron chi connectivity index (χ3n) is 3.56. The molecule has 0 unspecified atom stereocenters. The van der Waals surface area contributed by atoms with Crippen molar-refractivity contribution in [1.82, 2.24) is 10.7 Å². The second kappa shape index (κ2) is 4.39. The van der Waals surface area contributed by atoms with Crippen LogP contribution in [0.4, 0.5) is 0 Å². The van der Waals surface area contributed by atoms with Crippen LogP contribution in [0.15, 0.2) is 4.99 Å². The van der Waals surface area contributed by atoms with E-state index in [1.807, 2.05) is 0 Å². The monoisotopic (exact) mass is 210 g/mol. The Morgan fingerprint density at radius 2 is 2.07 bits per heavy atom. The summed E-state index contributed by atoms with van der Waals surface area (Å²) in [6, 6.07) is 0.576. The minimum atomic E-state index is 0.458. The lowest BCUT2D eigenvalue weighted by Gasteiger charge is -2.15. The molecule has 0 saturated heterocycles. The predicted molar refractivity (Wildman–Crippen MR) is 62.4 cm³/mol. The molecule has 2 rings (SSSR count). The molecule has 0 radical (unpaired) electrons. The Morgan fingerprint density at radius 1 is 1.40 bits per heavy atom. The van der Waals surface area contributed by atoms with E-state index in [2.05, 4.69) is 22.7 Å². The van der Waals surface area contributed by atoms with Crippen LogP contribution in [-0.4, -0.2) is 18.5 Å². The van der Waals surface area contributed by atoms with Crippen LogP contribution in [0.5, 0.6) is 0 Å². The molecule has 86 valence electrons. The maximum atomic E-state index is 5.46. The van der Waals surface area contributed by atoms with Crippen LogP contribution in [-0.2, 0) is 0 Å². The Morgan fingerprint density at radius 3 is 2.60 bits per heavy atom. The zero-order valence-electron chi connectivity index (χ0n) is 9.55. The van der Waals surface area contributed by atoms with Gasteiger partial charge in [-0.25, -0.2) is 5.84 Å². The maximum Gasteiger partial charge on any atom is 0.205 e. The van der Waals surface area contributed by atoms with E-state index < -0.39 is 0 Å². The summed E-state index contributed by atoms with van der Waals surface area (Å²) in [6.07, 6.45) is 7.76. The average molecular weight is 210 g/mol. The largest absolute Gasteiger partial charge is 0.353 e. The maximum absolute atomic E-state index is 5.46. The molecule has 2 aliphatic carbocycles. The first-order valence-electron chi connectivity index (χ1n) is 5.99. The number of nitrogens with one attached hydrogen (secondary N) is 2. The molecule has 0 amide bonds. The Balaban J connectivity index is 1.79. The van der Waals surface area contributed by atoms with Crippen LogP contribution in [0.25, 0.3) is 0 Å². The van der Waals surface area contributed by atoms with Crippen molar-refractivity contribution in [1.29, 1.82) is 0 Å². The number of hydrogen-bond donors (Lipinski definition) is 3. The predicted octanol–water partition coefficient (Wildman–Crippen LogP) is 1.14. The van der Waals surface area contributed by atoms with E-state index in [4.69, 9.17) is 5.84 Å². The Bertz CT molecular complexity index is 239. The molecule has 0 aromatic heterocycles. The highest BCUT2D eigenvalue weighted by Gasteiger charge is 2.36. The van der Waals surface area contributed by atoms with Gasteiger partial charge >= 0.3 is 0 Å². The molecule has 2 saturated carbocycles. The minimum absolute atomic E-state index is 0.458. The number of aliphatic imine (C=N–C) groups is 1. The summed E-state index contributed by atoms with van der Waals surface area (Å²) in [5.41, 5.74) is 3.13. The van der Waals surface area contributed by atoms with Crippen molar-refractivity contribution in [3.8, 4) is 0 Å². The van der Waals surface area contributed by atoms with Gasteiger partial charge in [0, 0.05) is 12.6 Å². The Labute approximate surface area is 91.7 Å². The molecule has 0 heterocycles. The number of guanidine groups is 1.